The Morgan fingerprint density at radius 3 is 2.24 bits per heavy atom. The van der Waals surface area contributed by atoms with Crippen molar-refractivity contribution in [2.45, 2.75) is 80.1 Å². The van der Waals surface area contributed by atoms with E-state index < -0.39 is 5.41 Å². The zero-order valence-corrected chi connectivity index (χ0v) is 24.8. The molecule has 37 heavy (non-hydrogen) atoms. The minimum Gasteiger partial charge on any atom is -0.493 e. The first-order valence-corrected chi connectivity index (χ1v) is 13.9. The third kappa shape index (κ3) is 11.8. The van der Waals surface area contributed by atoms with Crippen molar-refractivity contribution in [1.82, 2.24) is 5.32 Å². The van der Waals surface area contributed by atoms with E-state index in [1.54, 1.807) is 14.2 Å². The number of primary amides is 1. The van der Waals surface area contributed by atoms with Crippen LogP contribution < -0.4 is 20.5 Å². The minimum atomic E-state index is -0.592. The number of nitrogens with two attached hydrogens (primary N) is 1. The van der Waals surface area contributed by atoms with E-state index in [9.17, 15) is 4.79 Å². The third-order valence-electron chi connectivity index (χ3n) is 7.44. The number of amides is 1. The van der Waals surface area contributed by atoms with Gasteiger partial charge in [0.25, 0.3) is 0 Å². The van der Waals surface area contributed by atoms with Gasteiger partial charge in [-0.3, -0.25) is 4.79 Å². The Morgan fingerprint density at radius 2 is 1.68 bits per heavy atom. The van der Waals surface area contributed by atoms with Crippen molar-refractivity contribution < 1.29 is 19.0 Å². The molecular weight excluding hydrogens is 464 g/mol. The molecule has 0 aliphatic rings. The van der Waals surface area contributed by atoms with E-state index in [2.05, 4.69) is 51.7 Å². The summed E-state index contributed by atoms with van der Waals surface area (Å²) in [6, 6.07) is 6.32. The summed E-state index contributed by atoms with van der Waals surface area (Å²) in [5, 5.41) is 3.40. The summed E-state index contributed by atoms with van der Waals surface area (Å²) in [6.07, 6.45) is 6.49. The predicted molar refractivity (Wildman–Crippen MR) is 154 cm³/mol. The molecule has 6 heteroatoms. The quantitative estimate of drug-likeness (QED) is 0.196. The van der Waals surface area contributed by atoms with E-state index in [0.717, 1.165) is 42.9 Å². The van der Waals surface area contributed by atoms with E-state index in [4.69, 9.17) is 19.9 Å². The molecule has 0 spiro atoms. The molecule has 212 valence electrons. The summed E-state index contributed by atoms with van der Waals surface area (Å²) < 4.78 is 16.6. The number of ether oxygens (including phenoxy) is 3. The zero-order valence-electron chi connectivity index (χ0n) is 24.8. The number of allylic oxidation sites excluding steroid dienone is 1. The van der Waals surface area contributed by atoms with Gasteiger partial charge in [0.1, 0.15) is 0 Å². The highest BCUT2D eigenvalue weighted by molar-refractivity contribution is 5.80. The highest BCUT2D eigenvalue weighted by Gasteiger charge is 2.26. The Labute approximate surface area is 226 Å². The first-order valence-electron chi connectivity index (χ1n) is 13.9. The van der Waals surface area contributed by atoms with Crippen molar-refractivity contribution in [3.63, 3.8) is 0 Å². The number of benzene rings is 1. The number of carbonyl (C=O) groups is 1. The first kappa shape index (κ1) is 32.8. The van der Waals surface area contributed by atoms with E-state index in [-0.39, 0.29) is 5.91 Å². The van der Waals surface area contributed by atoms with E-state index in [1.165, 1.54) is 18.4 Å². The molecule has 1 amide bonds. The molecule has 1 aromatic carbocycles. The summed E-state index contributed by atoms with van der Waals surface area (Å²) >= 11 is 0. The minimum absolute atomic E-state index is 0.296. The molecule has 0 radical (unpaired) electrons. The molecule has 3 N–H and O–H groups in total. The second-order valence-corrected chi connectivity index (χ2v) is 11.7. The molecule has 0 saturated heterocycles. The lowest BCUT2D eigenvalue weighted by atomic mass is 9.83. The van der Waals surface area contributed by atoms with Gasteiger partial charge in [0.15, 0.2) is 11.5 Å². The van der Waals surface area contributed by atoms with Gasteiger partial charge in [0.2, 0.25) is 5.91 Å². The fourth-order valence-corrected chi connectivity index (χ4v) is 4.55. The van der Waals surface area contributed by atoms with Crippen LogP contribution in [0.3, 0.4) is 0 Å². The van der Waals surface area contributed by atoms with Crippen LogP contribution in [0.5, 0.6) is 11.5 Å². The number of hydrogen-bond donors (Lipinski definition) is 2. The van der Waals surface area contributed by atoms with Crippen molar-refractivity contribution >= 4 is 5.91 Å². The maximum absolute atomic E-state index is 11.7. The molecule has 6 nitrogen and oxygen atoms in total. The molecular formula is C31H54N2O4. The molecule has 0 fully saturated rings. The van der Waals surface area contributed by atoms with Crippen molar-refractivity contribution in [2.24, 2.45) is 34.8 Å². The normalized spacial score (nSPS) is 13.5. The Kier molecular flexibility index (Phi) is 14.7. The van der Waals surface area contributed by atoms with Crippen molar-refractivity contribution in [3.8, 4) is 11.5 Å². The monoisotopic (exact) mass is 518 g/mol. The molecule has 0 aliphatic heterocycles. The molecule has 0 aromatic heterocycles. The summed E-state index contributed by atoms with van der Waals surface area (Å²) in [4.78, 5) is 11.7. The molecule has 0 bridgehead atoms. The molecule has 2 atom stereocenters. The van der Waals surface area contributed by atoms with Crippen molar-refractivity contribution in [3.05, 3.63) is 36.0 Å². The zero-order chi connectivity index (χ0) is 28.0. The largest absolute Gasteiger partial charge is 0.493 e. The average molecular weight is 519 g/mol. The fraction of sp³-hybridized carbons (Fsp3) is 0.710. The Balaban J connectivity index is 2.67. The average Bonchev–Trinajstić information content (AvgIpc) is 2.84. The molecule has 1 aromatic rings. The maximum atomic E-state index is 11.7. The summed E-state index contributed by atoms with van der Waals surface area (Å²) in [5.74, 6) is 3.35. The van der Waals surface area contributed by atoms with Gasteiger partial charge in [-0.15, -0.1) is 0 Å². The SMILES string of the molecule is C=C(NCC(C)(C)C(N)=O)C(CCCCC(Cc1ccc(OC)c(OCCCOC)c1)C(C)C)C(C)C. The maximum Gasteiger partial charge on any atom is 0.224 e. The van der Waals surface area contributed by atoms with Crippen LogP contribution in [-0.4, -0.2) is 39.9 Å². The van der Waals surface area contributed by atoms with Gasteiger partial charge >= 0.3 is 0 Å². The topological polar surface area (TPSA) is 82.8 Å². The number of carbonyl (C=O) groups excluding carboxylic acids is 1. The van der Waals surface area contributed by atoms with E-state index in [0.29, 0.717) is 43.4 Å². The number of rotatable bonds is 20. The Bertz CT molecular complexity index is 819. The van der Waals surface area contributed by atoms with Crippen LogP contribution in [0.15, 0.2) is 30.5 Å². The van der Waals surface area contributed by atoms with Gasteiger partial charge in [-0.25, -0.2) is 0 Å². The van der Waals surface area contributed by atoms with Crippen LogP contribution >= 0.6 is 0 Å². The highest BCUT2D eigenvalue weighted by Crippen LogP contribution is 2.32. The Hall–Kier alpha value is -2.21. The van der Waals surface area contributed by atoms with Gasteiger partial charge in [-0.05, 0) is 68.6 Å². The summed E-state index contributed by atoms with van der Waals surface area (Å²) in [5.41, 5.74) is 7.24. The summed E-state index contributed by atoms with van der Waals surface area (Å²) in [6.45, 7) is 19.0. The van der Waals surface area contributed by atoms with Crippen LogP contribution in [0, 0.1) is 29.1 Å². The second-order valence-electron chi connectivity index (χ2n) is 11.7. The molecule has 0 saturated carbocycles. The number of nitrogens with one attached hydrogen (secondary N) is 1. The van der Waals surface area contributed by atoms with Gasteiger partial charge in [-0.2, -0.15) is 0 Å². The number of methoxy groups -OCH3 is 2. The standard InChI is InChI=1S/C31H54N2O4/c1-22(2)26(19-25-15-16-28(36-9)29(20-25)37-18-12-17-35-8)13-10-11-14-27(23(3)4)24(5)33-21-31(6,7)30(32)34/h15-16,20,22-23,26-27,33H,5,10-14,17-19,21H2,1-4,6-9H3,(H2,32,34). The molecule has 0 aliphatic carbocycles. The van der Waals surface area contributed by atoms with Crippen molar-refractivity contribution in [2.75, 3.05) is 34.0 Å². The van der Waals surface area contributed by atoms with Crippen LogP contribution in [0.2, 0.25) is 0 Å². The lowest BCUT2D eigenvalue weighted by molar-refractivity contribution is -0.125. The van der Waals surface area contributed by atoms with E-state index in [1.807, 2.05) is 19.9 Å². The van der Waals surface area contributed by atoms with Crippen LogP contribution in [0.1, 0.15) is 79.2 Å². The van der Waals surface area contributed by atoms with Crippen LogP contribution in [0.4, 0.5) is 0 Å². The van der Waals surface area contributed by atoms with Crippen LogP contribution in [0.25, 0.3) is 0 Å². The smallest absolute Gasteiger partial charge is 0.224 e. The second kappa shape index (κ2) is 16.6. The lowest BCUT2D eigenvalue weighted by Crippen LogP contribution is -2.41. The van der Waals surface area contributed by atoms with Gasteiger partial charge in [-0.1, -0.05) is 53.2 Å². The molecule has 2 unspecified atom stereocenters. The molecule has 0 heterocycles. The fourth-order valence-electron chi connectivity index (χ4n) is 4.55. The van der Waals surface area contributed by atoms with Crippen molar-refractivity contribution in [1.29, 1.82) is 0 Å². The lowest BCUT2D eigenvalue weighted by Gasteiger charge is -2.28. The van der Waals surface area contributed by atoms with Gasteiger partial charge in [0, 0.05) is 38.3 Å². The highest BCUT2D eigenvalue weighted by atomic mass is 16.5. The first-order chi connectivity index (χ1) is 17.4. The molecule has 1 rings (SSSR count). The predicted octanol–water partition coefficient (Wildman–Crippen LogP) is 6.37. The Morgan fingerprint density at radius 1 is 1.00 bits per heavy atom. The van der Waals surface area contributed by atoms with Crippen LogP contribution in [-0.2, 0) is 16.0 Å². The third-order valence-corrected chi connectivity index (χ3v) is 7.44. The number of hydrogen-bond acceptors (Lipinski definition) is 5. The van der Waals surface area contributed by atoms with Gasteiger partial charge < -0.3 is 25.3 Å². The number of unbranched alkanes of at least 4 members (excludes halogenated alkanes) is 1. The summed E-state index contributed by atoms with van der Waals surface area (Å²) in [7, 11) is 3.39. The van der Waals surface area contributed by atoms with Gasteiger partial charge in [0.05, 0.1) is 19.1 Å². The van der Waals surface area contributed by atoms with E-state index >= 15 is 0 Å².